The van der Waals surface area contributed by atoms with E-state index in [1.807, 2.05) is 22.8 Å². The second-order valence-electron chi connectivity index (χ2n) is 4.80. The van der Waals surface area contributed by atoms with Crippen LogP contribution in [0.5, 0.6) is 5.75 Å². The minimum atomic E-state index is 0.479. The molecule has 0 amide bonds. The molecule has 0 aliphatic carbocycles. The van der Waals surface area contributed by atoms with Crippen molar-refractivity contribution in [1.29, 1.82) is 0 Å². The molecule has 2 heterocycles. The first-order valence-electron chi connectivity index (χ1n) is 6.56. The van der Waals surface area contributed by atoms with Crippen molar-refractivity contribution >= 4 is 38.4 Å². The molecule has 4 nitrogen and oxygen atoms in total. The van der Waals surface area contributed by atoms with Gasteiger partial charge in [-0.15, -0.1) is 11.3 Å². The number of ether oxygens (including phenoxy) is 1. The van der Waals surface area contributed by atoms with Crippen molar-refractivity contribution in [2.75, 3.05) is 12.8 Å². The zero-order chi connectivity index (χ0) is 14.4. The SMILES string of the molecule is COc1ccc2c(c1)nc(N)n2-c1ccc2sccc2c1. The van der Waals surface area contributed by atoms with Crippen LogP contribution in [-0.4, -0.2) is 16.7 Å². The van der Waals surface area contributed by atoms with E-state index in [1.54, 1.807) is 18.4 Å². The van der Waals surface area contributed by atoms with Gasteiger partial charge in [-0.2, -0.15) is 0 Å². The van der Waals surface area contributed by atoms with Gasteiger partial charge in [0.25, 0.3) is 0 Å². The van der Waals surface area contributed by atoms with Crippen molar-refractivity contribution in [3.63, 3.8) is 0 Å². The highest BCUT2D eigenvalue weighted by molar-refractivity contribution is 7.17. The minimum Gasteiger partial charge on any atom is -0.497 e. The van der Waals surface area contributed by atoms with Crippen LogP contribution in [0, 0.1) is 0 Å². The van der Waals surface area contributed by atoms with Crippen LogP contribution in [0.2, 0.25) is 0 Å². The van der Waals surface area contributed by atoms with Gasteiger partial charge in [-0.05, 0) is 47.2 Å². The Morgan fingerprint density at radius 3 is 2.90 bits per heavy atom. The second kappa shape index (κ2) is 4.49. The van der Waals surface area contributed by atoms with Crippen LogP contribution in [0.3, 0.4) is 0 Å². The molecule has 0 unspecified atom stereocenters. The van der Waals surface area contributed by atoms with Crippen molar-refractivity contribution in [3.05, 3.63) is 47.8 Å². The summed E-state index contributed by atoms with van der Waals surface area (Å²) in [6.07, 6.45) is 0. The molecule has 0 fully saturated rings. The van der Waals surface area contributed by atoms with Crippen LogP contribution in [0.15, 0.2) is 47.8 Å². The molecule has 0 radical (unpaired) electrons. The lowest BCUT2D eigenvalue weighted by Gasteiger charge is -2.07. The summed E-state index contributed by atoms with van der Waals surface area (Å²) in [6, 6.07) is 14.2. The van der Waals surface area contributed by atoms with Crippen molar-refractivity contribution in [1.82, 2.24) is 9.55 Å². The van der Waals surface area contributed by atoms with E-state index in [1.165, 1.54) is 10.1 Å². The summed E-state index contributed by atoms with van der Waals surface area (Å²) in [5, 5.41) is 3.31. The molecule has 0 atom stereocenters. The average molecular weight is 295 g/mol. The smallest absolute Gasteiger partial charge is 0.205 e. The van der Waals surface area contributed by atoms with Gasteiger partial charge in [-0.25, -0.2) is 4.98 Å². The Labute approximate surface area is 125 Å². The van der Waals surface area contributed by atoms with Crippen LogP contribution in [0.4, 0.5) is 5.95 Å². The molecule has 4 aromatic rings. The number of hydrogen-bond acceptors (Lipinski definition) is 4. The summed E-state index contributed by atoms with van der Waals surface area (Å²) in [5.74, 6) is 1.26. The zero-order valence-electron chi connectivity index (χ0n) is 11.4. The van der Waals surface area contributed by atoms with Crippen LogP contribution in [0.1, 0.15) is 0 Å². The Hall–Kier alpha value is -2.53. The lowest BCUT2D eigenvalue weighted by molar-refractivity contribution is 0.415. The fourth-order valence-electron chi connectivity index (χ4n) is 2.57. The molecular formula is C16H13N3OS. The molecule has 0 aliphatic heterocycles. The Kier molecular flexibility index (Phi) is 2.62. The van der Waals surface area contributed by atoms with Crippen LogP contribution in [0.25, 0.3) is 26.8 Å². The van der Waals surface area contributed by atoms with Crippen molar-refractivity contribution in [2.24, 2.45) is 0 Å². The van der Waals surface area contributed by atoms with E-state index < -0.39 is 0 Å². The first-order chi connectivity index (χ1) is 10.3. The highest BCUT2D eigenvalue weighted by Gasteiger charge is 2.11. The van der Waals surface area contributed by atoms with Gasteiger partial charge in [0.05, 0.1) is 18.1 Å². The fraction of sp³-hybridized carbons (Fsp3) is 0.0625. The molecule has 2 N–H and O–H groups in total. The van der Waals surface area contributed by atoms with Crippen molar-refractivity contribution < 1.29 is 4.74 Å². The summed E-state index contributed by atoms with van der Waals surface area (Å²) in [5.41, 5.74) is 8.94. The Bertz CT molecular complexity index is 955. The summed E-state index contributed by atoms with van der Waals surface area (Å²) in [7, 11) is 1.64. The molecule has 0 saturated heterocycles. The predicted octanol–water partition coefficient (Wildman–Crippen LogP) is 3.83. The Balaban J connectivity index is 1.98. The van der Waals surface area contributed by atoms with Crippen molar-refractivity contribution in [2.45, 2.75) is 0 Å². The predicted molar refractivity (Wildman–Crippen MR) is 87.4 cm³/mol. The van der Waals surface area contributed by atoms with E-state index in [4.69, 9.17) is 10.5 Å². The van der Waals surface area contributed by atoms with Gasteiger partial charge in [-0.1, -0.05) is 0 Å². The first kappa shape index (κ1) is 12.2. The molecular weight excluding hydrogens is 282 g/mol. The van der Waals surface area contributed by atoms with Gasteiger partial charge in [0.15, 0.2) is 0 Å². The van der Waals surface area contributed by atoms with Gasteiger partial charge < -0.3 is 10.5 Å². The van der Waals surface area contributed by atoms with E-state index in [9.17, 15) is 0 Å². The normalized spacial score (nSPS) is 11.3. The van der Waals surface area contributed by atoms with Gasteiger partial charge in [0.2, 0.25) is 5.95 Å². The van der Waals surface area contributed by atoms with E-state index in [0.717, 1.165) is 22.5 Å². The van der Waals surface area contributed by atoms with Gasteiger partial charge in [0, 0.05) is 16.5 Å². The quantitative estimate of drug-likeness (QED) is 0.611. The minimum absolute atomic E-state index is 0.479. The number of imidazole rings is 1. The van der Waals surface area contributed by atoms with E-state index >= 15 is 0 Å². The molecule has 0 aliphatic rings. The molecule has 104 valence electrons. The standard InChI is InChI=1S/C16H13N3OS/c1-20-12-3-4-14-13(9-12)18-16(17)19(14)11-2-5-15-10(8-11)6-7-21-15/h2-9H,1H3,(H2,17,18). The molecule has 4 rings (SSSR count). The van der Waals surface area contributed by atoms with Crippen LogP contribution < -0.4 is 10.5 Å². The monoisotopic (exact) mass is 295 g/mol. The maximum atomic E-state index is 6.11. The average Bonchev–Trinajstić information content (AvgIpc) is 3.08. The first-order valence-corrected chi connectivity index (χ1v) is 7.44. The number of hydrogen-bond donors (Lipinski definition) is 1. The third kappa shape index (κ3) is 1.86. The van der Waals surface area contributed by atoms with Gasteiger partial charge in [0.1, 0.15) is 5.75 Å². The molecule has 0 saturated carbocycles. The van der Waals surface area contributed by atoms with Crippen LogP contribution >= 0.6 is 11.3 Å². The molecule has 0 bridgehead atoms. The zero-order valence-corrected chi connectivity index (χ0v) is 12.2. The van der Waals surface area contributed by atoms with E-state index in [2.05, 4.69) is 34.6 Å². The molecule has 2 aromatic carbocycles. The molecule has 5 heteroatoms. The highest BCUT2D eigenvalue weighted by atomic mass is 32.1. The molecule has 0 spiro atoms. The number of thiophene rings is 1. The number of anilines is 1. The third-order valence-corrected chi connectivity index (χ3v) is 4.48. The number of methoxy groups -OCH3 is 1. The van der Waals surface area contributed by atoms with Crippen molar-refractivity contribution in [3.8, 4) is 11.4 Å². The number of benzene rings is 2. The second-order valence-corrected chi connectivity index (χ2v) is 5.75. The largest absolute Gasteiger partial charge is 0.497 e. The van der Waals surface area contributed by atoms with Gasteiger partial charge in [-0.3, -0.25) is 4.57 Å². The maximum absolute atomic E-state index is 6.11. The van der Waals surface area contributed by atoms with E-state index in [0.29, 0.717) is 5.95 Å². The number of fused-ring (bicyclic) bond motifs is 2. The number of nitrogen functional groups attached to an aromatic ring is 1. The van der Waals surface area contributed by atoms with Gasteiger partial charge >= 0.3 is 0 Å². The van der Waals surface area contributed by atoms with E-state index in [-0.39, 0.29) is 0 Å². The molecule has 2 aromatic heterocycles. The lowest BCUT2D eigenvalue weighted by atomic mass is 10.2. The fourth-order valence-corrected chi connectivity index (χ4v) is 3.34. The Morgan fingerprint density at radius 1 is 1.14 bits per heavy atom. The number of nitrogens with two attached hydrogens (primary N) is 1. The Morgan fingerprint density at radius 2 is 2.05 bits per heavy atom. The topological polar surface area (TPSA) is 53.1 Å². The maximum Gasteiger partial charge on any atom is 0.205 e. The number of aromatic nitrogens is 2. The summed E-state index contributed by atoms with van der Waals surface area (Å²) < 4.78 is 8.47. The third-order valence-electron chi connectivity index (χ3n) is 3.58. The summed E-state index contributed by atoms with van der Waals surface area (Å²) in [6.45, 7) is 0. The molecule has 21 heavy (non-hydrogen) atoms. The lowest BCUT2D eigenvalue weighted by Crippen LogP contribution is -2.00. The number of nitrogens with zero attached hydrogens (tertiary/aromatic N) is 2. The number of rotatable bonds is 2. The summed E-state index contributed by atoms with van der Waals surface area (Å²) >= 11 is 1.73. The van der Waals surface area contributed by atoms with Crippen LogP contribution in [-0.2, 0) is 0 Å². The summed E-state index contributed by atoms with van der Waals surface area (Å²) in [4.78, 5) is 4.43. The highest BCUT2D eigenvalue weighted by Crippen LogP contribution is 2.29.